The number of aldehydes is 1. The van der Waals surface area contributed by atoms with Crippen molar-refractivity contribution in [3.63, 3.8) is 0 Å². The van der Waals surface area contributed by atoms with Crippen molar-refractivity contribution < 1.29 is 18.0 Å². The van der Waals surface area contributed by atoms with Crippen LogP contribution in [-0.2, 0) is 6.54 Å². The summed E-state index contributed by atoms with van der Waals surface area (Å²) in [5.41, 5.74) is 0.372. The largest absolute Gasteiger partial charge is 0.389 e. The smallest absolute Gasteiger partial charge is 0.298 e. The standard InChI is InChI=1S/C8H9F3N2O/c9-8(10,11)2-1-3-13-5-7(6-14)4-12-13/h4-6H,1-3H2. The fourth-order valence-corrected chi connectivity index (χ4v) is 1.00. The predicted molar refractivity (Wildman–Crippen MR) is 42.9 cm³/mol. The van der Waals surface area contributed by atoms with Gasteiger partial charge in [-0.15, -0.1) is 0 Å². The third kappa shape index (κ3) is 3.59. The minimum absolute atomic E-state index is 0.0243. The van der Waals surface area contributed by atoms with E-state index in [4.69, 9.17) is 0 Å². The number of halogens is 3. The molecule has 1 aromatic heterocycles. The van der Waals surface area contributed by atoms with E-state index in [1.54, 1.807) is 0 Å². The minimum Gasteiger partial charge on any atom is -0.298 e. The lowest BCUT2D eigenvalue weighted by molar-refractivity contribution is -0.136. The van der Waals surface area contributed by atoms with Gasteiger partial charge in [-0.05, 0) is 6.42 Å². The van der Waals surface area contributed by atoms with Gasteiger partial charge in [-0.1, -0.05) is 0 Å². The van der Waals surface area contributed by atoms with Crippen LogP contribution in [0.4, 0.5) is 13.2 Å². The normalized spacial score (nSPS) is 11.6. The van der Waals surface area contributed by atoms with Crippen LogP contribution in [0.2, 0.25) is 0 Å². The lowest BCUT2D eigenvalue weighted by Gasteiger charge is -2.05. The monoisotopic (exact) mass is 206 g/mol. The highest BCUT2D eigenvalue weighted by Gasteiger charge is 2.25. The predicted octanol–water partition coefficient (Wildman–Crippen LogP) is 2.04. The van der Waals surface area contributed by atoms with E-state index in [0.717, 1.165) is 0 Å². The van der Waals surface area contributed by atoms with Crippen LogP contribution in [0.25, 0.3) is 0 Å². The number of rotatable bonds is 4. The molecule has 0 N–H and O–H groups in total. The van der Waals surface area contributed by atoms with Gasteiger partial charge in [0.1, 0.15) is 0 Å². The number of nitrogens with zero attached hydrogens (tertiary/aromatic N) is 2. The Morgan fingerprint density at radius 2 is 2.21 bits per heavy atom. The fourth-order valence-electron chi connectivity index (χ4n) is 1.00. The molecule has 0 saturated carbocycles. The lowest BCUT2D eigenvalue weighted by Crippen LogP contribution is -2.09. The zero-order valence-electron chi connectivity index (χ0n) is 7.29. The first-order chi connectivity index (χ1) is 6.51. The van der Waals surface area contributed by atoms with Crippen molar-refractivity contribution >= 4 is 6.29 Å². The second kappa shape index (κ2) is 4.26. The number of alkyl halides is 3. The second-order valence-electron chi connectivity index (χ2n) is 2.87. The molecule has 6 heteroatoms. The van der Waals surface area contributed by atoms with E-state index >= 15 is 0 Å². The zero-order chi connectivity index (χ0) is 10.6. The molecule has 3 nitrogen and oxygen atoms in total. The van der Waals surface area contributed by atoms with Crippen molar-refractivity contribution in [2.24, 2.45) is 0 Å². The maximum atomic E-state index is 11.7. The molecule has 0 aliphatic heterocycles. The molecule has 0 unspecified atom stereocenters. The topological polar surface area (TPSA) is 34.9 Å². The molecule has 0 bridgehead atoms. The number of hydrogen-bond donors (Lipinski definition) is 0. The van der Waals surface area contributed by atoms with Gasteiger partial charge in [-0.3, -0.25) is 9.48 Å². The highest BCUT2D eigenvalue weighted by atomic mass is 19.4. The average molecular weight is 206 g/mol. The van der Waals surface area contributed by atoms with Gasteiger partial charge in [-0.2, -0.15) is 18.3 Å². The SMILES string of the molecule is O=Cc1cnn(CCCC(F)(F)F)c1. The van der Waals surface area contributed by atoms with E-state index in [-0.39, 0.29) is 13.0 Å². The van der Waals surface area contributed by atoms with E-state index in [9.17, 15) is 18.0 Å². The summed E-state index contributed by atoms with van der Waals surface area (Å²) < 4.78 is 36.6. The van der Waals surface area contributed by atoms with E-state index in [2.05, 4.69) is 5.10 Å². The van der Waals surface area contributed by atoms with E-state index in [0.29, 0.717) is 11.8 Å². The summed E-state index contributed by atoms with van der Waals surface area (Å²) >= 11 is 0. The number of aromatic nitrogens is 2. The molecule has 0 fully saturated rings. The molecular formula is C8H9F3N2O. The van der Waals surface area contributed by atoms with E-state index in [1.165, 1.54) is 17.1 Å². The van der Waals surface area contributed by atoms with Crippen LogP contribution in [-0.4, -0.2) is 22.2 Å². The van der Waals surface area contributed by atoms with Gasteiger partial charge in [0.15, 0.2) is 6.29 Å². The highest BCUT2D eigenvalue weighted by molar-refractivity contribution is 5.73. The van der Waals surface area contributed by atoms with Crippen molar-refractivity contribution in [2.45, 2.75) is 25.6 Å². The third-order valence-corrected chi connectivity index (χ3v) is 1.64. The molecule has 78 valence electrons. The van der Waals surface area contributed by atoms with E-state index < -0.39 is 12.6 Å². The van der Waals surface area contributed by atoms with Gasteiger partial charge in [0.25, 0.3) is 0 Å². The molecule has 0 amide bonds. The Labute approximate surface area is 78.5 Å². The average Bonchev–Trinajstić information content (AvgIpc) is 2.50. The van der Waals surface area contributed by atoms with Crippen LogP contribution in [0, 0.1) is 0 Å². The Morgan fingerprint density at radius 3 is 2.71 bits per heavy atom. The van der Waals surface area contributed by atoms with Gasteiger partial charge in [-0.25, -0.2) is 0 Å². The van der Waals surface area contributed by atoms with E-state index in [1.807, 2.05) is 0 Å². The van der Waals surface area contributed by atoms with Crippen LogP contribution < -0.4 is 0 Å². The summed E-state index contributed by atoms with van der Waals surface area (Å²) in [5.74, 6) is 0. The van der Waals surface area contributed by atoms with Crippen LogP contribution in [0.15, 0.2) is 12.4 Å². The summed E-state index contributed by atoms with van der Waals surface area (Å²) in [4.78, 5) is 10.2. The van der Waals surface area contributed by atoms with Crippen molar-refractivity contribution in [3.05, 3.63) is 18.0 Å². The van der Waals surface area contributed by atoms with Crippen molar-refractivity contribution in [2.75, 3.05) is 0 Å². The van der Waals surface area contributed by atoms with Gasteiger partial charge < -0.3 is 0 Å². The van der Waals surface area contributed by atoms with Crippen LogP contribution in [0.5, 0.6) is 0 Å². The second-order valence-corrected chi connectivity index (χ2v) is 2.87. The number of carbonyl (C=O) groups excluding carboxylic acids is 1. The summed E-state index contributed by atoms with van der Waals surface area (Å²) in [6.07, 6.45) is -1.63. The molecule has 0 atom stereocenters. The van der Waals surface area contributed by atoms with Crippen molar-refractivity contribution in [1.82, 2.24) is 9.78 Å². The Bertz CT molecular complexity index is 306. The molecule has 0 spiro atoms. The molecular weight excluding hydrogens is 197 g/mol. The molecule has 1 rings (SSSR count). The molecule has 1 aromatic rings. The molecule has 14 heavy (non-hydrogen) atoms. The number of hydrogen-bond acceptors (Lipinski definition) is 2. The van der Waals surface area contributed by atoms with Gasteiger partial charge >= 0.3 is 6.18 Å². The molecule has 0 aliphatic rings. The van der Waals surface area contributed by atoms with Crippen LogP contribution in [0.3, 0.4) is 0 Å². The zero-order valence-corrected chi connectivity index (χ0v) is 7.29. The molecule has 0 radical (unpaired) electrons. The number of carbonyl (C=O) groups is 1. The molecule has 1 heterocycles. The van der Waals surface area contributed by atoms with Gasteiger partial charge in [0.2, 0.25) is 0 Å². The van der Waals surface area contributed by atoms with Crippen LogP contribution in [0.1, 0.15) is 23.2 Å². The van der Waals surface area contributed by atoms with Crippen molar-refractivity contribution in [3.8, 4) is 0 Å². The first-order valence-corrected chi connectivity index (χ1v) is 4.05. The highest BCUT2D eigenvalue weighted by Crippen LogP contribution is 2.21. The quantitative estimate of drug-likeness (QED) is 0.706. The lowest BCUT2D eigenvalue weighted by atomic mass is 10.3. The molecule has 0 aliphatic carbocycles. The summed E-state index contributed by atoms with van der Waals surface area (Å²) in [6.45, 7) is 0.174. The third-order valence-electron chi connectivity index (χ3n) is 1.64. The van der Waals surface area contributed by atoms with Gasteiger partial charge in [0.05, 0.1) is 11.8 Å². The first kappa shape index (κ1) is 10.7. The summed E-state index contributed by atoms with van der Waals surface area (Å²) in [6, 6.07) is 0. The number of aryl methyl sites for hydroxylation is 1. The summed E-state index contributed by atoms with van der Waals surface area (Å²) in [7, 11) is 0. The van der Waals surface area contributed by atoms with Crippen molar-refractivity contribution in [1.29, 1.82) is 0 Å². The molecule has 0 aromatic carbocycles. The Hall–Kier alpha value is -1.33. The van der Waals surface area contributed by atoms with Crippen LogP contribution >= 0.6 is 0 Å². The maximum absolute atomic E-state index is 11.7. The fraction of sp³-hybridized carbons (Fsp3) is 0.500. The first-order valence-electron chi connectivity index (χ1n) is 4.05. The Morgan fingerprint density at radius 1 is 1.50 bits per heavy atom. The maximum Gasteiger partial charge on any atom is 0.389 e. The minimum atomic E-state index is -4.12. The molecule has 0 saturated heterocycles. The van der Waals surface area contributed by atoms with Gasteiger partial charge in [0, 0.05) is 19.2 Å². The Balaban J connectivity index is 2.35. The summed E-state index contributed by atoms with van der Waals surface area (Å²) in [5, 5.41) is 3.72. The Kier molecular flexibility index (Phi) is 3.27.